The number of anilines is 1. The van der Waals surface area contributed by atoms with Crippen molar-refractivity contribution < 1.29 is 14.3 Å². The van der Waals surface area contributed by atoms with E-state index in [0.717, 1.165) is 0 Å². The van der Waals surface area contributed by atoms with Crippen molar-refractivity contribution in [3.63, 3.8) is 0 Å². The molecule has 0 aliphatic carbocycles. The van der Waals surface area contributed by atoms with Crippen molar-refractivity contribution in [1.29, 1.82) is 0 Å². The van der Waals surface area contributed by atoms with Crippen molar-refractivity contribution >= 4 is 17.5 Å². The molecule has 124 valence electrons. The molecule has 1 atom stereocenters. The van der Waals surface area contributed by atoms with Gasteiger partial charge in [-0.1, -0.05) is 30.3 Å². The monoisotopic (exact) mass is 324 g/mol. The molecule has 3 rings (SSSR count). The summed E-state index contributed by atoms with van der Waals surface area (Å²) < 4.78 is 5.48. The molecule has 24 heavy (non-hydrogen) atoms. The fraction of sp³-hybridized carbons (Fsp3) is 0.263. The van der Waals surface area contributed by atoms with E-state index in [-0.39, 0.29) is 17.9 Å². The molecule has 2 aromatic rings. The van der Waals surface area contributed by atoms with Gasteiger partial charge < -0.3 is 15.0 Å². The Morgan fingerprint density at radius 2 is 1.79 bits per heavy atom. The van der Waals surface area contributed by atoms with Crippen LogP contribution in [0.2, 0.25) is 0 Å². The molecule has 1 heterocycles. The first-order valence-electron chi connectivity index (χ1n) is 8.01. The maximum atomic E-state index is 12.8. The van der Waals surface area contributed by atoms with Gasteiger partial charge in [0.15, 0.2) is 0 Å². The maximum Gasteiger partial charge on any atom is 0.256 e. The number of morpholine rings is 1. The van der Waals surface area contributed by atoms with Crippen molar-refractivity contribution in [2.75, 3.05) is 25.0 Å². The largest absolute Gasteiger partial charge is 0.375 e. The second-order valence-electron chi connectivity index (χ2n) is 5.80. The second kappa shape index (κ2) is 7.27. The molecule has 0 spiro atoms. The summed E-state index contributed by atoms with van der Waals surface area (Å²) in [6.07, 6.45) is 0.0220. The maximum absolute atomic E-state index is 12.8. The summed E-state index contributed by atoms with van der Waals surface area (Å²) in [5, 5.41) is 2.84. The van der Waals surface area contributed by atoms with Gasteiger partial charge in [0.1, 0.15) is 0 Å². The van der Waals surface area contributed by atoms with Crippen LogP contribution < -0.4 is 5.32 Å². The lowest BCUT2D eigenvalue weighted by molar-refractivity contribution is -0.0123. The number of carbonyl (C=O) groups excluding carboxylic acids is 2. The van der Waals surface area contributed by atoms with E-state index in [2.05, 4.69) is 5.32 Å². The molecule has 5 heteroatoms. The van der Waals surface area contributed by atoms with Crippen LogP contribution in [0.1, 0.15) is 27.6 Å². The summed E-state index contributed by atoms with van der Waals surface area (Å²) in [6.45, 7) is 3.60. The number of benzene rings is 2. The van der Waals surface area contributed by atoms with E-state index in [1.54, 1.807) is 53.4 Å². The number of hydrogen-bond donors (Lipinski definition) is 1. The highest BCUT2D eigenvalue weighted by Crippen LogP contribution is 2.20. The number of para-hydroxylation sites is 1. The van der Waals surface area contributed by atoms with Crippen molar-refractivity contribution in [1.82, 2.24) is 4.90 Å². The van der Waals surface area contributed by atoms with E-state index >= 15 is 0 Å². The first kappa shape index (κ1) is 16.2. The van der Waals surface area contributed by atoms with Crippen LogP contribution in [0.3, 0.4) is 0 Å². The SMILES string of the molecule is CC1CN(C(=O)c2ccccc2NC(=O)c2ccccc2)CCO1. The van der Waals surface area contributed by atoms with Crippen molar-refractivity contribution in [3.05, 3.63) is 65.7 Å². The van der Waals surface area contributed by atoms with Crippen LogP contribution in [0, 0.1) is 0 Å². The fourth-order valence-electron chi connectivity index (χ4n) is 2.74. The lowest BCUT2D eigenvalue weighted by Crippen LogP contribution is -2.44. The summed E-state index contributed by atoms with van der Waals surface area (Å²) in [7, 11) is 0. The van der Waals surface area contributed by atoms with Gasteiger partial charge >= 0.3 is 0 Å². The minimum absolute atomic E-state index is 0.0220. The number of ether oxygens (including phenoxy) is 1. The molecule has 2 aromatic carbocycles. The zero-order valence-electron chi connectivity index (χ0n) is 13.6. The highest BCUT2D eigenvalue weighted by Gasteiger charge is 2.24. The van der Waals surface area contributed by atoms with E-state index in [0.29, 0.717) is 36.5 Å². The predicted molar refractivity (Wildman–Crippen MR) is 92.2 cm³/mol. The van der Waals surface area contributed by atoms with E-state index in [9.17, 15) is 9.59 Å². The van der Waals surface area contributed by atoms with Crippen molar-refractivity contribution in [2.45, 2.75) is 13.0 Å². The summed E-state index contributed by atoms with van der Waals surface area (Å²) in [5.74, 6) is -0.319. The summed E-state index contributed by atoms with van der Waals surface area (Å²) in [5.41, 5.74) is 1.58. The molecule has 1 fully saturated rings. The van der Waals surface area contributed by atoms with Crippen LogP contribution in [0.15, 0.2) is 54.6 Å². The Kier molecular flexibility index (Phi) is 4.91. The van der Waals surface area contributed by atoms with Gasteiger partial charge in [-0.25, -0.2) is 0 Å². The van der Waals surface area contributed by atoms with Crippen molar-refractivity contribution in [2.24, 2.45) is 0 Å². The average molecular weight is 324 g/mol. The molecule has 1 unspecified atom stereocenters. The minimum atomic E-state index is -0.230. The highest BCUT2D eigenvalue weighted by atomic mass is 16.5. The smallest absolute Gasteiger partial charge is 0.256 e. The molecule has 1 aliphatic rings. The first-order chi connectivity index (χ1) is 11.6. The number of carbonyl (C=O) groups is 2. The van der Waals surface area contributed by atoms with Gasteiger partial charge in [0.2, 0.25) is 0 Å². The van der Waals surface area contributed by atoms with E-state index in [1.807, 2.05) is 13.0 Å². The zero-order chi connectivity index (χ0) is 16.9. The van der Waals surface area contributed by atoms with Crippen molar-refractivity contribution in [3.8, 4) is 0 Å². The van der Waals surface area contributed by atoms with Gasteiger partial charge in [0.25, 0.3) is 11.8 Å². The highest BCUT2D eigenvalue weighted by molar-refractivity contribution is 6.09. The van der Waals surface area contributed by atoms with Crippen LogP contribution in [0.25, 0.3) is 0 Å². The molecule has 1 aliphatic heterocycles. The Labute approximate surface area is 141 Å². The zero-order valence-corrected chi connectivity index (χ0v) is 13.6. The second-order valence-corrected chi connectivity index (χ2v) is 5.80. The molecule has 0 bridgehead atoms. The molecule has 0 saturated carbocycles. The molecular formula is C19H20N2O3. The Morgan fingerprint density at radius 3 is 2.54 bits per heavy atom. The Bertz CT molecular complexity index is 730. The number of rotatable bonds is 3. The fourth-order valence-corrected chi connectivity index (χ4v) is 2.74. The van der Waals surface area contributed by atoms with Crippen LogP contribution >= 0.6 is 0 Å². The van der Waals surface area contributed by atoms with Crippen LogP contribution in [0.5, 0.6) is 0 Å². The number of nitrogens with zero attached hydrogens (tertiary/aromatic N) is 1. The number of hydrogen-bond acceptors (Lipinski definition) is 3. The molecule has 0 radical (unpaired) electrons. The Morgan fingerprint density at radius 1 is 1.08 bits per heavy atom. The van der Waals surface area contributed by atoms with Gasteiger partial charge in [-0.15, -0.1) is 0 Å². The third kappa shape index (κ3) is 3.63. The van der Waals surface area contributed by atoms with E-state index in [4.69, 9.17) is 4.74 Å². The topological polar surface area (TPSA) is 58.6 Å². The predicted octanol–water partition coefficient (Wildman–Crippen LogP) is 2.80. The number of amides is 2. The molecule has 2 amide bonds. The van der Waals surface area contributed by atoms with Crippen LogP contribution in [0.4, 0.5) is 5.69 Å². The van der Waals surface area contributed by atoms with E-state index in [1.165, 1.54) is 0 Å². The molecule has 0 aromatic heterocycles. The van der Waals surface area contributed by atoms with Gasteiger partial charge in [-0.2, -0.15) is 0 Å². The molecule has 1 saturated heterocycles. The summed E-state index contributed by atoms with van der Waals surface area (Å²) in [6, 6.07) is 16.0. The summed E-state index contributed by atoms with van der Waals surface area (Å²) >= 11 is 0. The Hall–Kier alpha value is -2.66. The molecule has 1 N–H and O–H groups in total. The quantitative estimate of drug-likeness (QED) is 0.944. The minimum Gasteiger partial charge on any atom is -0.375 e. The van der Waals surface area contributed by atoms with Gasteiger partial charge in [0, 0.05) is 18.7 Å². The lowest BCUT2D eigenvalue weighted by atomic mass is 10.1. The van der Waals surface area contributed by atoms with Crippen LogP contribution in [-0.2, 0) is 4.74 Å². The van der Waals surface area contributed by atoms with E-state index < -0.39 is 0 Å². The van der Waals surface area contributed by atoms with Gasteiger partial charge in [0.05, 0.1) is 24.0 Å². The average Bonchev–Trinajstić information content (AvgIpc) is 2.62. The standard InChI is InChI=1S/C19H20N2O3/c1-14-13-21(11-12-24-14)19(23)16-9-5-6-10-17(16)20-18(22)15-7-3-2-4-8-15/h2-10,14H,11-13H2,1H3,(H,20,22). The molecule has 5 nitrogen and oxygen atoms in total. The van der Waals surface area contributed by atoms with Gasteiger partial charge in [-0.3, -0.25) is 9.59 Å². The van der Waals surface area contributed by atoms with Gasteiger partial charge in [-0.05, 0) is 31.2 Å². The molecular weight excluding hydrogens is 304 g/mol. The Balaban J connectivity index is 1.80. The first-order valence-corrected chi connectivity index (χ1v) is 8.01. The van der Waals surface area contributed by atoms with Crippen LogP contribution in [-0.4, -0.2) is 42.5 Å². The number of nitrogens with one attached hydrogen (secondary N) is 1. The normalized spacial score (nSPS) is 17.4. The lowest BCUT2D eigenvalue weighted by Gasteiger charge is -2.31. The third-order valence-corrected chi connectivity index (χ3v) is 3.97. The third-order valence-electron chi connectivity index (χ3n) is 3.97. The summed E-state index contributed by atoms with van der Waals surface area (Å²) in [4.78, 5) is 26.9.